The Kier molecular flexibility index (Phi) is 4.63. The third-order valence-corrected chi connectivity index (χ3v) is 5.14. The molecule has 1 aliphatic heterocycles. The van der Waals surface area contributed by atoms with E-state index in [1.54, 1.807) is 4.90 Å². The molecule has 2 fully saturated rings. The molecule has 4 rings (SSSR count). The highest BCUT2D eigenvalue weighted by molar-refractivity contribution is 5.97. The Morgan fingerprint density at radius 2 is 1.96 bits per heavy atom. The Morgan fingerprint density at radius 3 is 2.56 bits per heavy atom. The standard InChI is InChI=1S/C19H24N6O2/c1-12(2)17(24-11-3-4-16(24)26)19(27)20-14-7-5-13(6-8-14)18-21-22-23-25(18)15-9-10-15/h5-8,12,15,17H,3-4,9-11H2,1-2H3,(H,20,27). The summed E-state index contributed by atoms with van der Waals surface area (Å²) in [6, 6.07) is 7.47. The summed E-state index contributed by atoms with van der Waals surface area (Å²) in [6.07, 6.45) is 3.57. The van der Waals surface area contributed by atoms with Crippen LogP contribution in [0.5, 0.6) is 0 Å². The van der Waals surface area contributed by atoms with Gasteiger partial charge >= 0.3 is 0 Å². The van der Waals surface area contributed by atoms with Crippen LogP contribution in [-0.4, -0.2) is 49.5 Å². The zero-order valence-corrected chi connectivity index (χ0v) is 15.6. The molecule has 1 N–H and O–H groups in total. The van der Waals surface area contributed by atoms with E-state index in [4.69, 9.17) is 0 Å². The van der Waals surface area contributed by atoms with Crippen LogP contribution < -0.4 is 5.32 Å². The van der Waals surface area contributed by atoms with E-state index < -0.39 is 6.04 Å². The van der Waals surface area contributed by atoms with Crippen LogP contribution in [0.15, 0.2) is 24.3 Å². The largest absolute Gasteiger partial charge is 0.330 e. The summed E-state index contributed by atoms with van der Waals surface area (Å²) >= 11 is 0. The molecular weight excluding hydrogens is 344 g/mol. The van der Waals surface area contributed by atoms with E-state index in [9.17, 15) is 9.59 Å². The zero-order chi connectivity index (χ0) is 19.0. The van der Waals surface area contributed by atoms with Gasteiger partial charge in [0, 0.05) is 24.2 Å². The zero-order valence-electron chi connectivity index (χ0n) is 15.6. The molecule has 1 saturated carbocycles. The number of hydrogen-bond acceptors (Lipinski definition) is 5. The number of rotatable bonds is 6. The fraction of sp³-hybridized carbons (Fsp3) is 0.526. The molecule has 2 heterocycles. The summed E-state index contributed by atoms with van der Waals surface area (Å²) in [4.78, 5) is 26.6. The molecule has 1 aliphatic carbocycles. The van der Waals surface area contributed by atoms with Gasteiger partial charge < -0.3 is 10.2 Å². The molecule has 1 aromatic heterocycles. The SMILES string of the molecule is CC(C)C(C(=O)Nc1ccc(-c2nnnn2C2CC2)cc1)N1CCCC1=O. The number of aromatic nitrogens is 4. The lowest BCUT2D eigenvalue weighted by atomic mass is 10.0. The number of tetrazole rings is 1. The van der Waals surface area contributed by atoms with Crippen LogP contribution in [0.25, 0.3) is 11.4 Å². The molecule has 142 valence electrons. The smallest absolute Gasteiger partial charge is 0.247 e. The van der Waals surface area contributed by atoms with Gasteiger partial charge in [0.05, 0.1) is 6.04 Å². The van der Waals surface area contributed by atoms with Crippen LogP contribution in [0.1, 0.15) is 45.6 Å². The molecule has 0 spiro atoms. The first kappa shape index (κ1) is 17.6. The highest BCUT2D eigenvalue weighted by Crippen LogP contribution is 2.36. The van der Waals surface area contributed by atoms with E-state index in [2.05, 4.69) is 20.8 Å². The first-order chi connectivity index (χ1) is 13.0. The summed E-state index contributed by atoms with van der Waals surface area (Å²) in [5, 5.41) is 14.9. The fourth-order valence-corrected chi connectivity index (χ4v) is 3.63. The minimum Gasteiger partial charge on any atom is -0.330 e. The summed E-state index contributed by atoms with van der Waals surface area (Å²) < 4.78 is 1.86. The van der Waals surface area contributed by atoms with Gasteiger partial charge in [-0.15, -0.1) is 5.10 Å². The fourth-order valence-electron chi connectivity index (χ4n) is 3.63. The van der Waals surface area contributed by atoms with E-state index in [0.29, 0.717) is 24.7 Å². The number of nitrogens with zero attached hydrogens (tertiary/aromatic N) is 5. The van der Waals surface area contributed by atoms with Gasteiger partial charge in [-0.25, -0.2) is 4.68 Å². The van der Waals surface area contributed by atoms with Crippen molar-refractivity contribution in [1.82, 2.24) is 25.1 Å². The second kappa shape index (κ2) is 7.09. The topological polar surface area (TPSA) is 93.0 Å². The second-order valence-corrected chi connectivity index (χ2v) is 7.62. The Morgan fingerprint density at radius 1 is 1.22 bits per heavy atom. The maximum atomic E-state index is 12.8. The molecule has 1 saturated heterocycles. The molecule has 8 heteroatoms. The van der Waals surface area contributed by atoms with Crippen molar-refractivity contribution in [3.05, 3.63) is 24.3 Å². The summed E-state index contributed by atoms with van der Waals surface area (Å²) in [5.74, 6) is 0.717. The van der Waals surface area contributed by atoms with Gasteiger partial charge in [0.1, 0.15) is 6.04 Å². The quantitative estimate of drug-likeness (QED) is 0.844. The number of anilines is 1. The Hall–Kier alpha value is -2.77. The number of likely N-dealkylation sites (tertiary alicyclic amines) is 1. The summed E-state index contributed by atoms with van der Waals surface area (Å²) in [5.41, 5.74) is 1.62. The molecular formula is C19H24N6O2. The summed E-state index contributed by atoms with van der Waals surface area (Å²) in [7, 11) is 0. The van der Waals surface area contributed by atoms with E-state index in [1.165, 1.54) is 0 Å². The molecule has 1 aromatic carbocycles. The van der Waals surface area contributed by atoms with Crippen molar-refractivity contribution in [2.45, 2.75) is 51.6 Å². The first-order valence-corrected chi connectivity index (χ1v) is 9.53. The van der Waals surface area contributed by atoms with E-state index in [-0.39, 0.29) is 17.7 Å². The Labute approximate surface area is 157 Å². The maximum absolute atomic E-state index is 12.8. The number of benzene rings is 1. The molecule has 1 unspecified atom stereocenters. The van der Waals surface area contributed by atoms with Crippen molar-refractivity contribution in [1.29, 1.82) is 0 Å². The van der Waals surface area contributed by atoms with Crippen molar-refractivity contribution in [3.63, 3.8) is 0 Å². The molecule has 27 heavy (non-hydrogen) atoms. The van der Waals surface area contributed by atoms with Crippen molar-refractivity contribution in [3.8, 4) is 11.4 Å². The maximum Gasteiger partial charge on any atom is 0.247 e. The van der Waals surface area contributed by atoms with Crippen LogP contribution in [-0.2, 0) is 9.59 Å². The van der Waals surface area contributed by atoms with Crippen LogP contribution in [0.2, 0.25) is 0 Å². The van der Waals surface area contributed by atoms with Gasteiger partial charge in [0.2, 0.25) is 11.8 Å². The van der Waals surface area contributed by atoms with Crippen LogP contribution in [0.4, 0.5) is 5.69 Å². The summed E-state index contributed by atoms with van der Waals surface area (Å²) in [6.45, 7) is 4.59. The van der Waals surface area contributed by atoms with Gasteiger partial charge in [-0.2, -0.15) is 0 Å². The lowest BCUT2D eigenvalue weighted by Crippen LogP contribution is -2.47. The Bertz CT molecular complexity index is 840. The number of carbonyl (C=O) groups excluding carboxylic acids is 2. The van der Waals surface area contributed by atoms with E-state index in [1.807, 2.05) is 42.8 Å². The highest BCUT2D eigenvalue weighted by atomic mass is 16.2. The van der Waals surface area contributed by atoms with Gasteiger partial charge in [-0.3, -0.25) is 9.59 Å². The van der Waals surface area contributed by atoms with Crippen molar-refractivity contribution >= 4 is 17.5 Å². The normalized spacial score (nSPS) is 18.2. The van der Waals surface area contributed by atoms with Gasteiger partial charge in [0.25, 0.3) is 0 Å². The van der Waals surface area contributed by atoms with Crippen molar-refractivity contribution in [2.75, 3.05) is 11.9 Å². The van der Waals surface area contributed by atoms with E-state index in [0.717, 1.165) is 30.7 Å². The van der Waals surface area contributed by atoms with Crippen LogP contribution in [0, 0.1) is 5.92 Å². The van der Waals surface area contributed by atoms with E-state index >= 15 is 0 Å². The number of amides is 2. The van der Waals surface area contributed by atoms with Crippen LogP contribution in [0.3, 0.4) is 0 Å². The molecule has 2 aromatic rings. The van der Waals surface area contributed by atoms with Gasteiger partial charge in [0.15, 0.2) is 5.82 Å². The van der Waals surface area contributed by atoms with Crippen LogP contribution >= 0.6 is 0 Å². The number of nitrogens with one attached hydrogen (secondary N) is 1. The average Bonchev–Trinajstić information content (AvgIpc) is 3.22. The Balaban J connectivity index is 1.48. The molecule has 8 nitrogen and oxygen atoms in total. The minimum atomic E-state index is -0.443. The third-order valence-electron chi connectivity index (χ3n) is 5.14. The highest BCUT2D eigenvalue weighted by Gasteiger charge is 2.35. The monoisotopic (exact) mass is 368 g/mol. The number of carbonyl (C=O) groups is 2. The van der Waals surface area contributed by atoms with Crippen molar-refractivity contribution in [2.24, 2.45) is 5.92 Å². The molecule has 0 radical (unpaired) electrons. The lowest BCUT2D eigenvalue weighted by molar-refractivity contribution is -0.136. The van der Waals surface area contributed by atoms with Gasteiger partial charge in [-0.05, 0) is 59.9 Å². The molecule has 2 amide bonds. The molecule has 0 bridgehead atoms. The third kappa shape index (κ3) is 3.56. The predicted molar refractivity (Wildman–Crippen MR) is 99.7 cm³/mol. The second-order valence-electron chi connectivity index (χ2n) is 7.62. The van der Waals surface area contributed by atoms with Gasteiger partial charge in [-0.1, -0.05) is 13.8 Å². The number of hydrogen-bond donors (Lipinski definition) is 1. The molecule has 2 aliphatic rings. The minimum absolute atomic E-state index is 0.0505. The average molecular weight is 368 g/mol. The predicted octanol–water partition coefficient (Wildman–Crippen LogP) is 2.26. The first-order valence-electron chi connectivity index (χ1n) is 9.53. The van der Waals surface area contributed by atoms with Crippen molar-refractivity contribution < 1.29 is 9.59 Å². The molecule has 1 atom stereocenters. The lowest BCUT2D eigenvalue weighted by Gasteiger charge is -2.29.